The first-order valence-corrected chi connectivity index (χ1v) is 13.3. The lowest BCUT2D eigenvalue weighted by Crippen LogP contribution is -2.46. The molecule has 8 nitrogen and oxygen atoms in total. The van der Waals surface area contributed by atoms with Crippen molar-refractivity contribution >= 4 is 18.1 Å². The van der Waals surface area contributed by atoms with Gasteiger partial charge in [0.05, 0.1) is 12.3 Å². The molecule has 0 atom stereocenters. The van der Waals surface area contributed by atoms with Crippen molar-refractivity contribution in [3.63, 3.8) is 0 Å². The second kappa shape index (κ2) is 17.5. The molecule has 0 spiro atoms. The summed E-state index contributed by atoms with van der Waals surface area (Å²) >= 11 is 0. The van der Waals surface area contributed by atoms with Crippen LogP contribution in [0.1, 0.15) is 19.8 Å². The Morgan fingerprint density at radius 1 is 1.15 bits per heavy atom. The fraction of sp³-hybridized carbons (Fsp3) is 0.323. The zero-order valence-electron chi connectivity index (χ0n) is 23.4. The Bertz CT molecular complexity index is 1160. The molecule has 40 heavy (non-hydrogen) atoms. The Kier molecular flexibility index (Phi) is 14.1. The summed E-state index contributed by atoms with van der Waals surface area (Å²) in [7, 11) is 0. The maximum atomic E-state index is 14.1. The molecule has 1 aliphatic carbocycles. The van der Waals surface area contributed by atoms with Gasteiger partial charge in [-0.15, -0.1) is 0 Å². The summed E-state index contributed by atoms with van der Waals surface area (Å²) in [5.74, 6) is -0.0971. The number of nitrogens with one attached hydrogen (secondary N) is 2. The van der Waals surface area contributed by atoms with Gasteiger partial charge in [0.1, 0.15) is 6.67 Å². The number of β-amino-alcohol motifs (C(OH)–C–C–N with tert-alkyl or cyclic N) is 1. The van der Waals surface area contributed by atoms with E-state index in [2.05, 4.69) is 56.7 Å². The van der Waals surface area contributed by atoms with Crippen molar-refractivity contribution in [1.29, 1.82) is 0 Å². The molecule has 2 aliphatic rings. The first-order valence-electron chi connectivity index (χ1n) is 13.3. The van der Waals surface area contributed by atoms with Crippen molar-refractivity contribution in [3.05, 3.63) is 109 Å². The number of aliphatic imine (C=N–C) groups is 2. The van der Waals surface area contributed by atoms with Crippen LogP contribution >= 0.6 is 0 Å². The van der Waals surface area contributed by atoms with E-state index in [1.807, 2.05) is 18.2 Å². The lowest BCUT2D eigenvalue weighted by Gasteiger charge is -2.36. The summed E-state index contributed by atoms with van der Waals surface area (Å²) in [6, 6.07) is 0. The van der Waals surface area contributed by atoms with E-state index >= 15 is 0 Å². The number of aliphatic hydroxyl groups is 1. The van der Waals surface area contributed by atoms with Crippen LogP contribution in [0.5, 0.6) is 0 Å². The molecule has 1 amide bonds. The predicted octanol–water partition coefficient (Wildman–Crippen LogP) is 4.09. The monoisotopic (exact) mass is 548 g/mol. The second-order valence-corrected chi connectivity index (χ2v) is 8.95. The lowest BCUT2D eigenvalue weighted by molar-refractivity contribution is -0.115. The molecule has 0 aromatic carbocycles. The summed E-state index contributed by atoms with van der Waals surface area (Å²) in [6.45, 7) is 20.5. The van der Waals surface area contributed by atoms with Crippen molar-refractivity contribution in [1.82, 2.24) is 20.4 Å². The number of aliphatic hydroxyl groups excluding tert-OH is 1. The summed E-state index contributed by atoms with van der Waals surface area (Å²) in [4.78, 5) is 25.1. The fourth-order valence-electron chi connectivity index (χ4n) is 4.15. The molecule has 2 rings (SSSR count). The van der Waals surface area contributed by atoms with Crippen LogP contribution in [-0.4, -0.2) is 79.0 Å². The quantitative estimate of drug-likeness (QED) is 0.140. The second-order valence-electron chi connectivity index (χ2n) is 8.95. The van der Waals surface area contributed by atoms with Gasteiger partial charge in [0, 0.05) is 56.0 Å². The highest BCUT2D eigenvalue weighted by atomic mass is 19.1. The Morgan fingerprint density at radius 3 is 2.50 bits per heavy atom. The third-order valence-corrected chi connectivity index (χ3v) is 6.25. The summed E-state index contributed by atoms with van der Waals surface area (Å²) in [5, 5.41) is 14.9. The molecule has 1 saturated heterocycles. The third-order valence-electron chi connectivity index (χ3n) is 6.25. The standard InChI is InChI=1S/C31H41FN6O2/c1-6-11-29(24(5)25-12-10-13-26(22-25)34-30(40)8-3)36-31(33-9-4)35-27(23-32)14-15-28(7-2)38-18-16-37(17-19-38)20-21-39/h6-9,11,13-15,22,39H,1-3,5,10,12,16-21,23H2,4H3,(H,34,40)(H,35,36)/b27-14+,28-15+,29-11+,33-9-. The van der Waals surface area contributed by atoms with Crippen LogP contribution in [0.4, 0.5) is 4.39 Å². The van der Waals surface area contributed by atoms with Gasteiger partial charge in [-0.2, -0.15) is 0 Å². The van der Waals surface area contributed by atoms with E-state index in [4.69, 9.17) is 5.11 Å². The lowest BCUT2D eigenvalue weighted by atomic mass is 9.94. The number of carbonyl (C=O) groups excluding carboxylic acids is 1. The zero-order valence-corrected chi connectivity index (χ0v) is 23.4. The molecular formula is C31H41FN6O2. The van der Waals surface area contributed by atoms with Gasteiger partial charge in [-0.05, 0) is 67.4 Å². The number of piperazine rings is 1. The SMILES string of the molecule is C=C/C=C(/N=C(\N=C/C)N/C(=C/C=C(\C=C)N1CCN(CCO)CC1)CF)C(=C)C1=CC(NC(=O)C=C)=CCC1. The van der Waals surface area contributed by atoms with Crippen molar-refractivity contribution in [2.45, 2.75) is 19.8 Å². The molecular weight excluding hydrogens is 507 g/mol. The van der Waals surface area contributed by atoms with E-state index in [1.54, 1.807) is 37.4 Å². The molecule has 214 valence electrons. The molecule has 9 heteroatoms. The van der Waals surface area contributed by atoms with E-state index in [9.17, 15) is 9.18 Å². The van der Waals surface area contributed by atoms with Crippen LogP contribution in [0.15, 0.2) is 119 Å². The average Bonchev–Trinajstić information content (AvgIpc) is 2.97. The minimum absolute atomic E-state index is 0.142. The number of nitrogens with zero attached hydrogens (tertiary/aromatic N) is 4. The van der Waals surface area contributed by atoms with E-state index in [1.165, 1.54) is 6.08 Å². The molecule has 3 N–H and O–H groups in total. The number of alkyl halides is 1. The average molecular weight is 549 g/mol. The van der Waals surface area contributed by atoms with E-state index in [0.717, 1.165) is 50.3 Å². The first-order chi connectivity index (χ1) is 19.4. The number of carbonyl (C=O) groups is 1. The number of allylic oxidation sites excluding steroid dienone is 9. The summed E-state index contributed by atoms with van der Waals surface area (Å²) < 4.78 is 14.1. The number of halogens is 1. The number of rotatable bonds is 13. The smallest absolute Gasteiger partial charge is 0.247 e. The molecule has 0 aromatic heterocycles. The Labute approximate surface area is 237 Å². The van der Waals surface area contributed by atoms with E-state index < -0.39 is 6.67 Å². The number of amides is 1. The van der Waals surface area contributed by atoms with Crippen LogP contribution in [0.25, 0.3) is 0 Å². The van der Waals surface area contributed by atoms with Gasteiger partial charge in [0.2, 0.25) is 11.9 Å². The van der Waals surface area contributed by atoms with Crippen molar-refractivity contribution in [2.75, 3.05) is 46.0 Å². The number of guanidine groups is 1. The predicted molar refractivity (Wildman–Crippen MR) is 163 cm³/mol. The van der Waals surface area contributed by atoms with Gasteiger partial charge in [-0.3, -0.25) is 9.69 Å². The molecule has 1 aliphatic heterocycles. The molecule has 0 radical (unpaired) electrons. The van der Waals surface area contributed by atoms with Crippen LogP contribution in [0, 0.1) is 0 Å². The molecule has 0 aromatic rings. The Morgan fingerprint density at radius 2 is 1.90 bits per heavy atom. The highest BCUT2D eigenvalue weighted by molar-refractivity contribution is 5.90. The highest BCUT2D eigenvalue weighted by Crippen LogP contribution is 2.27. The maximum Gasteiger partial charge on any atom is 0.247 e. The van der Waals surface area contributed by atoms with E-state index in [-0.39, 0.29) is 24.2 Å². The van der Waals surface area contributed by atoms with Gasteiger partial charge in [0.15, 0.2) is 0 Å². The van der Waals surface area contributed by atoms with Gasteiger partial charge in [0.25, 0.3) is 0 Å². The van der Waals surface area contributed by atoms with Crippen molar-refractivity contribution < 1.29 is 14.3 Å². The van der Waals surface area contributed by atoms with Crippen LogP contribution < -0.4 is 10.6 Å². The van der Waals surface area contributed by atoms with Gasteiger partial charge in [-0.25, -0.2) is 14.4 Å². The molecule has 0 bridgehead atoms. The Hall–Kier alpha value is -4.08. The topological polar surface area (TPSA) is 92.6 Å². The largest absolute Gasteiger partial charge is 0.395 e. The fourth-order valence-corrected chi connectivity index (χ4v) is 4.15. The third kappa shape index (κ3) is 10.2. The minimum Gasteiger partial charge on any atom is -0.395 e. The van der Waals surface area contributed by atoms with Crippen molar-refractivity contribution in [3.8, 4) is 0 Å². The zero-order chi connectivity index (χ0) is 29.3. The van der Waals surface area contributed by atoms with Gasteiger partial charge < -0.3 is 20.6 Å². The molecule has 0 unspecified atom stereocenters. The number of hydrogen-bond acceptors (Lipinski definition) is 5. The normalized spacial score (nSPS) is 17.7. The number of hydrogen-bond donors (Lipinski definition) is 3. The van der Waals surface area contributed by atoms with E-state index in [0.29, 0.717) is 23.5 Å². The van der Waals surface area contributed by atoms with Gasteiger partial charge in [-0.1, -0.05) is 38.5 Å². The summed E-state index contributed by atoms with van der Waals surface area (Å²) in [6.07, 6.45) is 16.6. The molecule has 1 heterocycles. The first kappa shape index (κ1) is 32.1. The molecule has 1 fully saturated rings. The Balaban J connectivity index is 2.25. The minimum atomic E-state index is -0.757. The van der Waals surface area contributed by atoms with Crippen LogP contribution in [-0.2, 0) is 4.79 Å². The van der Waals surface area contributed by atoms with Crippen LogP contribution in [0.2, 0.25) is 0 Å². The van der Waals surface area contributed by atoms with Crippen molar-refractivity contribution in [2.24, 2.45) is 9.98 Å². The maximum absolute atomic E-state index is 14.1. The summed E-state index contributed by atoms with van der Waals surface area (Å²) in [5.41, 5.74) is 3.88. The molecule has 0 saturated carbocycles. The van der Waals surface area contributed by atoms with Crippen LogP contribution in [0.3, 0.4) is 0 Å². The highest BCUT2D eigenvalue weighted by Gasteiger charge is 2.17. The van der Waals surface area contributed by atoms with Gasteiger partial charge >= 0.3 is 0 Å².